The van der Waals surface area contributed by atoms with E-state index < -0.39 is 0 Å². The van der Waals surface area contributed by atoms with E-state index >= 15 is 0 Å². The van der Waals surface area contributed by atoms with Crippen molar-refractivity contribution >= 4 is 27.3 Å². The summed E-state index contributed by atoms with van der Waals surface area (Å²) >= 11 is 1.88. The zero-order valence-corrected chi connectivity index (χ0v) is 16.0. The maximum atomic E-state index is 5.00. The number of aliphatic imine (C=N–C) groups is 1. The number of aromatic nitrogens is 1. The van der Waals surface area contributed by atoms with Crippen molar-refractivity contribution in [1.82, 2.24) is 9.88 Å². The highest BCUT2D eigenvalue weighted by atomic mass is 32.1. The van der Waals surface area contributed by atoms with Gasteiger partial charge in [0.15, 0.2) is 0 Å². The fraction of sp³-hybridized carbons (Fsp3) is 0.600. The van der Waals surface area contributed by atoms with E-state index in [0.29, 0.717) is 5.92 Å². The highest BCUT2D eigenvalue weighted by molar-refractivity contribution is 7.18. The van der Waals surface area contributed by atoms with Crippen molar-refractivity contribution in [2.45, 2.75) is 51.5 Å². The first-order chi connectivity index (χ1) is 11.4. The molecule has 4 rings (SSSR count). The molecule has 1 fully saturated rings. The first-order valence-electron chi connectivity index (χ1n) is 9.08. The molecule has 1 saturated heterocycles. The molecule has 0 saturated carbocycles. The van der Waals surface area contributed by atoms with Gasteiger partial charge in [-0.1, -0.05) is 13.0 Å². The second-order valence-corrected chi connectivity index (χ2v) is 9.32. The molecule has 3 heterocycles. The first kappa shape index (κ1) is 16.2. The molecule has 128 valence electrons. The van der Waals surface area contributed by atoms with Crippen molar-refractivity contribution < 1.29 is 0 Å². The minimum Gasteiger partial charge on any atom is -0.301 e. The Morgan fingerprint density at radius 2 is 2.12 bits per heavy atom. The van der Waals surface area contributed by atoms with Crippen LogP contribution >= 0.6 is 11.3 Å². The molecule has 2 aromatic rings. The predicted octanol–water partition coefficient (Wildman–Crippen LogP) is 4.71. The molecule has 0 spiro atoms. The molecule has 24 heavy (non-hydrogen) atoms. The number of rotatable bonds is 2. The summed E-state index contributed by atoms with van der Waals surface area (Å²) in [6.07, 6.45) is 3.55. The molecule has 0 aliphatic carbocycles. The third-order valence-corrected chi connectivity index (χ3v) is 7.03. The Morgan fingerprint density at radius 1 is 1.29 bits per heavy atom. The van der Waals surface area contributed by atoms with E-state index in [2.05, 4.69) is 50.9 Å². The SMILES string of the molecule is C[C@H]1CCC(c2ccc3sc(C4CN(C)C(C)(C)C4)nc3c2)=NC1. The number of likely N-dealkylation sites (N-methyl/N-ethyl adjacent to an activating group) is 1. The molecule has 1 aromatic heterocycles. The van der Waals surface area contributed by atoms with E-state index in [1.807, 2.05) is 11.3 Å². The molecular formula is C20H27N3S. The number of nitrogens with zero attached hydrogens (tertiary/aromatic N) is 3. The van der Waals surface area contributed by atoms with Crippen LogP contribution in [0, 0.1) is 5.92 Å². The van der Waals surface area contributed by atoms with Crippen molar-refractivity contribution in [3.8, 4) is 0 Å². The lowest BCUT2D eigenvalue weighted by molar-refractivity contribution is 0.218. The molecule has 4 heteroatoms. The van der Waals surface area contributed by atoms with Crippen LogP contribution in [-0.4, -0.2) is 41.3 Å². The Kier molecular flexibility index (Phi) is 4.00. The van der Waals surface area contributed by atoms with Crippen LogP contribution in [0.1, 0.15) is 56.5 Å². The maximum absolute atomic E-state index is 5.00. The number of thiazole rings is 1. The van der Waals surface area contributed by atoms with Crippen LogP contribution < -0.4 is 0 Å². The molecule has 2 aliphatic heterocycles. The van der Waals surface area contributed by atoms with Crippen LogP contribution in [0.4, 0.5) is 0 Å². The molecular weight excluding hydrogens is 314 g/mol. The zero-order chi connectivity index (χ0) is 16.9. The van der Waals surface area contributed by atoms with Gasteiger partial charge in [-0.2, -0.15) is 0 Å². The minimum absolute atomic E-state index is 0.279. The number of hydrogen-bond donors (Lipinski definition) is 0. The smallest absolute Gasteiger partial charge is 0.0983 e. The van der Waals surface area contributed by atoms with Crippen LogP contribution in [0.5, 0.6) is 0 Å². The van der Waals surface area contributed by atoms with Gasteiger partial charge in [-0.3, -0.25) is 4.99 Å². The van der Waals surface area contributed by atoms with E-state index in [4.69, 9.17) is 9.98 Å². The molecule has 0 radical (unpaired) electrons. The number of hydrogen-bond acceptors (Lipinski definition) is 4. The minimum atomic E-state index is 0.279. The summed E-state index contributed by atoms with van der Waals surface area (Å²) < 4.78 is 1.31. The second-order valence-electron chi connectivity index (χ2n) is 8.26. The van der Waals surface area contributed by atoms with E-state index in [9.17, 15) is 0 Å². The summed E-state index contributed by atoms with van der Waals surface area (Å²) in [6.45, 7) is 9.04. The van der Waals surface area contributed by atoms with Crippen molar-refractivity contribution in [1.29, 1.82) is 0 Å². The van der Waals surface area contributed by atoms with Gasteiger partial charge in [-0.15, -0.1) is 11.3 Å². The van der Waals surface area contributed by atoms with Crippen molar-refractivity contribution in [2.24, 2.45) is 10.9 Å². The van der Waals surface area contributed by atoms with Gasteiger partial charge < -0.3 is 4.90 Å². The van der Waals surface area contributed by atoms with Crippen LogP contribution in [-0.2, 0) is 0 Å². The topological polar surface area (TPSA) is 28.5 Å². The number of fused-ring (bicyclic) bond motifs is 1. The summed E-state index contributed by atoms with van der Waals surface area (Å²) in [7, 11) is 2.23. The standard InChI is InChI=1S/C20H27N3S/c1-13-5-7-16(21-11-13)14-6-8-18-17(9-14)22-19(24-18)15-10-20(2,3)23(4)12-15/h6,8-9,13,15H,5,7,10-12H2,1-4H3/t13-,15?/m0/s1. The van der Waals surface area contributed by atoms with Gasteiger partial charge in [0.25, 0.3) is 0 Å². The van der Waals surface area contributed by atoms with Crippen molar-refractivity contribution in [3.63, 3.8) is 0 Å². The molecule has 2 atom stereocenters. The Balaban J connectivity index is 1.63. The lowest BCUT2D eigenvalue weighted by atomic mass is 9.96. The van der Waals surface area contributed by atoms with E-state index in [1.54, 1.807) is 0 Å². The normalized spacial score (nSPS) is 27.6. The third kappa shape index (κ3) is 2.91. The Hall–Kier alpha value is -1.26. The summed E-state index contributed by atoms with van der Waals surface area (Å²) in [4.78, 5) is 12.3. The van der Waals surface area contributed by atoms with Gasteiger partial charge in [-0.25, -0.2) is 4.98 Å². The Bertz CT molecular complexity index is 789. The average Bonchev–Trinajstić information content (AvgIpc) is 3.08. The van der Waals surface area contributed by atoms with Crippen LogP contribution in [0.15, 0.2) is 23.2 Å². The maximum Gasteiger partial charge on any atom is 0.0983 e. The van der Waals surface area contributed by atoms with Gasteiger partial charge in [0.2, 0.25) is 0 Å². The summed E-state index contributed by atoms with van der Waals surface area (Å²) in [5.74, 6) is 1.30. The quantitative estimate of drug-likeness (QED) is 0.791. The largest absolute Gasteiger partial charge is 0.301 e. The lowest BCUT2D eigenvalue weighted by Crippen LogP contribution is -2.34. The van der Waals surface area contributed by atoms with Crippen molar-refractivity contribution in [2.75, 3.05) is 20.1 Å². The van der Waals surface area contributed by atoms with Gasteiger partial charge in [-0.05, 0) is 63.8 Å². The van der Waals surface area contributed by atoms with Gasteiger partial charge >= 0.3 is 0 Å². The zero-order valence-electron chi connectivity index (χ0n) is 15.2. The molecule has 0 N–H and O–H groups in total. The molecule has 1 unspecified atom stereocenters. The Morgan fingerprint density at radius 3 is 2.79 bits per heavy atom. The third-order valence-electron chi connectivity index (χ3n) is 5.83. The van der Waals surface area contributed by atoms with Crippen LogP contribution in [0.2, 0.25) is 0 Å². The Labute approximate surface area is 148 Å². The lowest BCUT2D eigenvalue weighted by Gasteiger charge is -2.26. The van der Waals surface area contributed by atoms with Gasteiger partial charge in [0.05, 0.1) is 15.2 Å². The van der Waals surface area contributed by atoms with Gasteiger partial charge in [0.1, 0.15) is 0 Å². The molecule has 2 aliphatic rings. The molecule has 1 aromatic carbocycles. The molecule has 3 nitrogen and oxygen atoms in total. The van der Waals surface area contributed by atoms with Crippen LogP contribution in [0.3, 0.4) is 0 Å². The summed E-state index contributed by atoms with van der Waals surface area (Å²) in [5.41, 5.74) is 3.98. The summed E-state index contributed by atoms with van der Waals surface area (Å²) in [6, 6.07) is 6.74. The fourth-order valence-corrected chi connectivity index (χ4v) is 4.96. The second kappa shape index (κ2) is 5.92. The fourth-order valence-electron chi connectivity index (χ4n) is 3.92. The highest BCUT2D eigenvalue weighted by Gasteiger charge is 2.37. The monoisotopic (exact) mass is 341 g/mol. The predicted molar refractivity (Wildman–Crippen MR) is 103 cm³/mol. The van der Waals surface area contributed by atoms with Crippen LogP contribution in [0.25, 0.3) is 10.2 Å². The van der Waals surface area contributed by atoms with Gasteiger partial charge in [0, 0.05) is 30.3 Å². The highest BCUT2D eigenvalue weighted by Crippen LogP contribution is 2.40. The molecule has 0 bridgehead atoms. The van der Waals surface area contributed by atoms with Crippen molar-refractivity contribution in [3.05, 3.63) is 28.8 Å². The molecule has 0 amide bonds. The summed E-state index contributed by atoms with van der Waals surface area (Å²) in [5, 5.41) is 1.30. The van der Waals surface area contributed by atoms with E-state index in [1.165, 1.54) is 33.8 Å². The number of likely N-dealkylation sites (tertiary alicyclic amines) is 1. The number of benzene rings is 1. The van der Waals surface area contributed by atoms with E-state index in [-0.39, 0.29) is 5.54 Å². The average molecular weight is 342 g/mol. The van der Waals surface area contributed by atoms with E-state index in [0.717, 1.165) is 30.9 Å². The first-order valence-corrected chi connectivity index (χ1v) is 9.89.